The van der Waals surface area contributed by atoms with Crippen molar-refractivity contribution in [2.75, 3.05) is 0 Å². The number of carbonyl (C=O) groups excluding carboxylic acids is 1. The van der Waals surface area contributed by atoms with Gasteiger partial charge in [0.1, 0.15) is 6.10 Å². The monoisotopic (exact) mass is 230 g/mol. The first-order chi connectivity index (χ1) is 8.31. The Morgan fingerprint density at radius 1 is 1.35 bits per heavy atom. The Morgan fingerprint density at radius 2 is 2.12 bits per heavy atom. The molecule has 0 saturated heterocycles. The normalized spacial score (nSPS) is 12.1. The number of nitrogens with zero attached hydrogens (tertiary/aromatic N) is 2. The fraction of sp³-hybridized carbons (Fsp3) is 0.231. The number of ether oxygens (including phenoxy) is 1. The Morgan fingerprint density at radius 3 is 2.71 bits per heavy atom. The number of hydrogen-bond acceptors (Lipinski definition) is 3. The summed E-state index contributed by atoms with van der Waals surface area (Å²) < 4.78 is 6.85. The fourth-order valence-electron chi connectivity index (χ4n) is 1.82. The van der Waals surface area contributed by atoms with E-state index in [2.05, 4.69) is 5.10 Å². The first kappa shape index (κ1) is 11.4. The Kier molecular flexibility index (Phi) is 3.55. The van der Waals surface area contributed by atoms with Crippen LogP contribution in [0.15, 0.2) is 42.6 Å². The molecule has 0 fully saturated rings. The fourth-order valence-corrected chi connectivity index (χ4v) is 1.82. The summed E-state index contributed by atoms with van der Waals surface area (Å²) in [4.78, 5) is 10.6. The molecule has 1 atom stereocenters. The van der Waals surface area contributed by atoms with Gasteiger partial charge in [0.25, 0.3) is 6.47 Å². The van der Waals surface area contributed by atoms with Gasteiger partial charge in [-0.25, -0.2) is 0 Å². The molecule has 0 aliphatic heterocycles. The van der Waals surface area contributed by atoms with Gasteiger partial charge in [-0.05, 0) is 11.6 Å². The summed E-state index contributed by atoms with van der Waals surface area (Å²) in [5.41, 5.74) is 2.02. The van der Waals surface area contributed by atoms with E-state index in [1.54, 1.807) is 10.9 Å². The largest absolute Gasteiger partial charge is 0.458 e. The minimum Gasteiger partial charge on any atom is -0.458 e. The van der Waals surface area contributed by atoms with E-state index in [0.717, 1.165) is 11.3 Å². The van der Waals surface area contributed by atoms with Crippen LogP contribution in [0.3, 0.4) is 0 Å². The van der Waals surface area contributed by atoms with E-state index < -0.39 is 0 Å². The highest BCUT2D eigenvalue weighted by Crippen LogP contribution is 2.20. The third-order valence-corrected chi connectivity index (χ3v) is 2.67. The average Bonchev–Trinajstić information content (AvgIpc) is 2.76. The van der Waals surface area contributed by atoms with Crippen LogP contribution in [-0.4, -0.2) is 16.3 Å². The van der Waals surface area contributed by atoms with Gasteiger partial charge < -0.3 is 4.74 Å². The molecule has 4 nitrogen and oxygen atoms in total. The van der Waals surface area contributed by atoms with Gasteiger partial charge >= 0.3 is 0 Å². The van der Waals surface area contributed by atoms with Crippen molar-refractivity contribution in [3.8, 4) is 0 Å². The summed E-state index contributed by atoms with van der Waals surface area (Å²) in [5.74, 6) is 0. The van der Waals surface area contributed by atoms with Crippen LogP contribution in [0.2, 0.25) is 0 Å². The second-order valence-corrected chi connectivity index (χ2v) is 3.79. The molecule has 1 unspecified atom stereocenters. The van der Waals surface area contributed by atoms with Gasteiger partial charge in [-0.15, -0.1) is 0 Å². The van der Waals surface area contributed by atoms with Gasteiger partial charge in [-0.1, -0.05) is 30.3 Å². The van der Waals surface area contributed by atoms with Crippen molar-refractivity contribution in [1.82, 2.24) is 9.78 Å². The highest BCUT2D eigenvalue weighted by atomic mass is 16.5. The smallest absolute Gasteiger partial charge is 0.293 e. The van der Waals surface area contributed by atoms with E-state index in [4.69, 9.17) is 4.74 Å². The lowest BCUT2D eigenvalue weighted by Gasteiger charge is -2.15. The molecule has 1 heterocycles. The number of rotatable bonds is 5. The molecule has 0 aliphatic carbocycles. The Balaban J connectivity index is 2.19. The van der Waals surface area contributed by atoms with E-state index in [0.29, 0.717) is 12.9 Å². The van der Waals surface area contributed by atoms with Crippen molar-refractivity contribution in [3.05, 3.63) is 53.9 Å². The summed E-state index contributed by atoms with van der Waals surface area (Å²) >= 11 is 0. The third kappa shape index (κ3) is 2.72. The molecular formula is C13H14N2O2. The van der Waals surface area contributed by atoms with Crippen LogP contribution in [0.25, 0.3) is 0 Å². The van der Waals surface area contributed by atoms with Gasteiger partial charge in [-0.3, -0.25) is 9.48 Å². The van der Waals surface area contributed by atoms with Crippen molar-refractivity contribution >= 4 is 6.47 Å². The molecule has 0 amide bonds. The maximum Gasteiger partial charge on any atom is 0.293 e. The lowest BCUT2D eigenvalue weighted by Crippen LogP contribution is -2.11. The maximum absolute atomic E-state index is 10.6. The molecule has 1 aromatic heterocycles. The van der Waals surface area contributed by atoms with Crippen LogP contribution in [-0.2, 0) is 23.0 Å². The van der Waals surface area contributed by atoms with Crippen LogP contribution in [0.4, 0.5) is 0 Å². The Hall–Kier alpha value is -2.10. The van der Waals surface area contributed by atoms with Crippen LogP contribution >= 0.6 is 0 Å². The first-order valence-corrected chi connectivity index (χ1v) is 5.42. The highest BCUT2D eigenvalue weighted by molar-refractivity contribution is 5.38. The minimum atomic E-state index is -0.289. The summed E-state index contributed by atoms with van der Waals surface area (Å²) in [7, 11) is 1.83. The average molecular weight is 230 g/mol. The minimum absolute atomic E-state index is 0.289. The van der Waals surface area contributed by atoms with Gasteiger partial charge in [0.15, 0.2) is 0 Å². The zero-order chi connectivity index (χ0) is 12.1. The maximum atomic E-state index is 10.6. The molecule has 4 heteroatoms. The van der Waals surface area contributed by atoms with Crippen molar-refractivity contribution in [1.29, 1.82) is 0 Å². The zero-order valence-corrected chi connectivity index (χ0v) is 9.61. The topological polar surface area (TPSA) is 44.1 Å². The highest BCUT2D eigenvalue weighted by Gasteiger charge is 2.16. The number of hydrogen-bond donors (Lipinski definition) is 0. The van der Waals surface area contributed by atoms with E-state index in [-0.39, 0.29) is 6.10 Å². The van der Waals surface area contributed by atoms with E-state index in [1.807, 2.05) is 43.4 Å². The molecule has 0 N–H and O–H groups in total. The summed E-state index contributed by atoms with van der Waals surface area (Å²) in [6, 6.07) is 11.8. The summed E-state index contributed by atoms with van der Waals surface area (Å²) in [6.45, 7) is 0.487. The molecule has 0 radical (unpaired) electrons. The second kappa shape index (κ2) is 5.30. The molecule has 88 valence electrons. The molecular weight excluding hydrogens is 216 g/mol. The van der Waals surface area contributed by atoms with Crippen LogP contribution < -0.4 is 0 Å². The quantitative estimate of drug-likeness (QED) is 0.736. The summed E-state index contributed by atoms with van der Waals surface area (Å²) in [6.07, 6.45) is 2.06. The second-order valence-electron chi connectivity index (χ2n) is 3.79. The van der Waals surface area contributed by atoms with E-state index in [9.17, 15) is 4.79 Å². The van der Waals surface area contributed by atoms with Gasteiger partial charge in [0.2, 0.25) is 0 Å². The number of aromatic nitrogens is 2. The van der Waals surface area contributed by atoms with E-state index in [1.165, 1.54) is 0 Å². The molecule has 0 aliphatic rings. The van der Waals surface area contributed by atoms with Crippen molar-refractivity contribution < 1.29 is 9.53 Å². The lowest BCUT2D eigenvalue weighted by molar-refractivity contribution is -0.134. The molecule has 2 aromatic rings. The van der Waals surface area contributed by atoms with Gasteiger partial charge in [0, 0.05) is 19.7 Å². The van der Waals surface area contributed by atoms with E-state index >= 15 is 0 Å². The standard InChI is InChI=1S/C13H14N2O2/c1-15-12(7-8-14-15)13(17-10-16)9-11-5-3-2-4-6-11/h2-8,10,13H,9H2,1H3. The predicted octanol–water partition coefficient (Wildman–Crippen LogP) is 1.88. The first-order valence-electron chi connectivity index (χ1n) is 5.42. The number of carbonyl (C=O) groups is 1. The van der Waals surface area contributed by atoms with Crippen LogP contribution in [0, 0.1) is 0 Å². The SMILES string of the molecule is Cn1nccc1C(Cc1ccccc1)OC=O. The predicted molar refractivity (Wildman–Crippen MR) is 63.2 cm³/mol. The third-order valence-electron chi connectivity index (χ3n) is 2.67. The van der Waals surface area contributed by atoms with Crippen LogP contribution in [0.1, 0.15) is 17.4 Å². The van der Waals surface area contributed by atoms with Crippen LogP contribution in [0.5, 0.6) is 0 Å². The van der Waals surface area contributed by atoms with Gasteiger partial charge in [0.05, 0.1) is 5.69 Å². The molecule has 1 aromatic carbocycles. The molecule has 17 heavy (non-hydrogen) atoms. The van der Waals surface area contributed by atoms with Crippen molar-refractivity contribution in [3.63, 3.8) is 0 Å². The molecule has 0 bridgehead atoms. The number of aryl methyl sites for hydroxylation is 1. The van der Waals surface area contributed by atoms with Gasteiger partial charge in [-0.2, -0.15) is 5.10 Å². The molecule has 0 saturated carbocycles. The lowest BCUT2D eigenvalue weighted by atomic mass is 10.1. The van der Waals surface area contributed by atoms with Crippen molar-refractivity contribution in [2.45, 2.75) is 12.5 Å². The molecule has 0 spiro atoms. The molecule has 2 rings (SSSR count). The number of benzene rings is 1. The summed E-state index contributed by atoms with van der Waals surface area (Å²) in [5, 5.41) is 4.08. The Bertz CT molecular complexity index is 479. The Labute approximate surface area is 99.8 Å². The van der Waals surface area contributed by atoms with Crippen molar-refractivity contribution in [2.24, 2.45) is 7.05 Å². The zero-order valence-electron chi connectivity index (χ0n) is 9.61.